The van der Waals surface area contributed by atoms with E-state index in [2.05, 4.69) is 48.5 Å². The Labute approximate surface area is 228 Å². The minimum absolute atomic E-state index is 0.0177. The molecule has 14 nitrogen and oxygen atoms in total. The van der Waals surface area contributed by atoms with E-state index in [4.69, 9.17) is 5.73 Å². The Bertz CT molecular complexity index is 1240. The molecule has 0 aliphatic rings. The van der Waals surface area contributed by atoms with Gasteiger partial charge in [-0.25, -0.2) is 14.8 Å². The summed E-state index contributed by atoms with van der Waals surface area (Å²) in [5.74, 6) is -3.29. The van der Waals surface area contributed by atoms with Crippen molar-refractivity contribution < 1.29 is 29.4 Å². The number of hydrogen-bond acceptors (Lipinski definition) is 9. The van der Waals surface area contributed by atoms with Crippen LogP contribution in [-0.4, -0.2) is 83.8 Å². The number of phenols is 1. The van der Waals surface area contributed by atoms with E-state index >= 15 is 0 Å². The van der Waals surface area contributed by atoms with Crippen LogP contribution in [0.25, 0.3) is 0 Å². The predicted octanol–water partition coefficient (Wildman–Crippen LogP) is -1.34. The maximum absolute atomic E-state index is 13.3. The Hall–Kier alpha value is -4.37. The van der Waals surface area contributed by atoms with Crippen LogP contribution in [0.1, 0.15) is 17.0 Å². The third kappa shape index (κ3) is 8.86. The second-order valence-electron chi connectivity index (χ2n) is 8.74. The number of carboxylic acids is 1. The van der Waals surface area contributed by atoms with Crippen molar-refractivity contribution in [2.45, 2.75) is 43.4 Å². The van der Waals surface area contributed by atoms with Gasteiger partial charge in [-0.3, -0.25) is 14.4 Å². The summed E-state index contributed by atoms with van der Waals surface area (Å²) in [5.41, 5.74) is 7.37. The number of thiol groups is 1. The van der Waals surface area contributed by atoms with Crippen LogP contribution < -0.4 is 21.7 Å². The zero-order chi connectivity index (χ0) is 28.4. The number of nitrogens with one attached hydrogen (secondary N) is 5. The number of nitrogens with two attached hydrogens (primary N) is 1. The molecule has 208 valence electrons. The van der Waals surface area contributed by atoms with Crippen molar-refractivity contribution in [3.8, 4) is 5.75 Å². The van der Waals surface area contributed by atoms with Gasteiger partial charge in [-0.05, 0) is 17.7 Å². The van der Waals surface area contributed by atoms with Crippen molar-refractivity contribution in [2.24, 2.45) is 5.73 Å². The van der Waals surface area contributed by atoms with E-state index in [9.17, 15) is 29.4 Å². The van der Waals surface area contributed by atoms with E-state index in [0.29, 0.717) is 17.0 Å². The number of phenolic OH excluding ortho intramolecular Hbond substituents is 1. The summed E-state index contributed by atoms with van der Waals surface area (Å²) in [6, 6.07) is 1.25. The third-order valence-corrected chi connectivity index (χ3v) is 6.14. The lowest BCUT2D eigenvalue weighted by atomic mass is 10.0. The number of benzene rings is 1. The SMILES string of the molecule is NC(CS)C(=O)NC(Cc1cnc[nH]1)C(=O)NC(Cc1cnc[nH]1)C(=O)NC(Cc1ccc(O)cc1)C(=O)O. The largest absolute Gasteiger partial charge is 0.508 e. The van der Waals surface area contributed by atoms with E-state index < -0.39 is 47.9 Å². The van der Waals surface area contributed by atoms with Gasteiger partial charge in [0.15, 0.2) is 0 Å². The lowest BCUT2D eigenvalue weighted by molar-refractivity contribution is -0.142. The van der Waals surface area contributed by atoms with Gasteiger partial charge in [0, 0.05) is 48.8 Å². The molecule has 0 aliphatic heterocycles. The molecule has 0 spiro atoms. The van der Waals surface area contributed by atoms with Crippen LogP contribution in [0.15, 0.2) is 49.3 Å². The topological polar surface area (TPSA) is 228 Å². The Balaban J connectivity index is 1.79. The lowest BCUT2D eigenvalue weighted by Crippen LogP contribution is -2.58. The summed E-state index contributed by atoms with van der Waals surface area (Å²) in [6.07, 6.45) is 5.69. The van der Waals surface area contributed by atoms with Crippen LogP contribution in [0.2, 0.25) is 0 Å². The maximum Gasteiger partial charge on any atom is 0.326 e. The smallest absolute Gasteiger partial charge is 0.326 e. The molecule has 0 fully saturated rings. The van der Waals surface area contributed by atoms with Crippen molar-refractivity contribution in [1.82, 2.24) is 35.9 Å². The number of aromatic hydroxyl groups is 1. The van der Waals surface area contributed by atoms with Gasteiger partial charge >= 0.3 is 5.97 Å². The minimum atomic E-state index is -1.32. The van der Waals surface area contributed by atoms with E-state index in [1.54, 1.807) is 12.1 Å². The Morgan fingerprint density at radius 3 is 1.74 bits per heavy atom. The second-order valence-corrected chi connectivity index (χ2v) is 9.11. The quantitative estimate of drug-likeness (QED) is 0.107. The van der Waals surface area contributed by atoms with E-state index in [1.807, 2.05) is 0 Å². The summed E-state index contributed by atoms with van der Waals surface area (Å²) >= 11 is 4.01. The summed E-state index contributed by atoms with van der Waals surface area (Å²) in [5, 5.41) is 26.8. The van der Waals surface area contributed by atoms with Crippen LogP contribution in [0.3, 0.4) is 0 Å². The fourth-order valence-corrected chi connectivity index (χ4v) is 3.79. The first-order chi connectivity index (χ1) is 18.7. The highest BCUT2D eigenvalue weighted by atomic mass is 32.1. The molecule has 0 bridgehead atoms. The van der Waals surface area contributed by atoms with Gasteiger partial charge in [0.25, 0.3) is 0 Å². The molecular weight excluding hydrogens is 528 g/mol. The number of rotatable bonds is 14. The fraction of sp³-hybridized carbons (Fsp3) is 0.333. The standard InChI is InChI=1S/C24H30N8O6S/c25-17(10-39)21(34)30-18(6-14-8-26-11-28-14)22(35)31-19(7-15-9-27-12-29-15)23(36)32-20(24(37)38)5-13-1-3-16(33)4-2-13/h1-4,8-9,11-12,17-20,33,39H,5-7,10,25H2,(H,26,28)(H,27,29)(H,30,34)(H,31,35)(H,32,36)(H,37,38). The van der Waals surface area contributed by atoms with E-state index in [0.717, 1.165) is 0 Å². The zero-order valence-electron chi connectivity index (χ0n) is 20.7. The first-order valence-electron chi connectivity index (χ1n) is 11.9. The number of carbonyl (C=O) groups is 4. The highest BCUT2D eigenvalue weighted by Crippen LogP contribution is 2.12. The summed E-state index contributed by atoms with van der Waals surface area (Å²) < 4.78 is 0. The van der Waals surface area contributed by atoms with Crippen molar-refractivity contribution in [3.63, 3.8) is 0 Å². The second kappa shape index (κ2) is 14.0. The molecule has 9 N–H and O–H groups in total. The van der Waals surface area contributed by atoms with Crippen LogP contribution in [0.4, 0.5) is 0 Å². The van der Waals surface area contributed by atoms with E-state index in [1.165, 1.54) is 37.2 Å². The number of amides is 3. The van der Waals surface area contributed by atoms with Gasteiger partial charge in [-0.2, -0.15) is 12.6 Å². The highest BCUT2D eigenvalue weighted by molar-refractivity contribution is 7.80. The number of H-pyrrole nitrogens is 2. The number of imidazole rings is 2. The van der Waals surface area contributed by atoms with Crippen molar-refractivity contribution in [3.05, 3.63) is 66.3 Å². The number of aliphatic carboxylic acids is 1. The van der Waals surface area contributed by atoms with Crippen LogP contribution in [0, 0.1) is 0 Å². The Morgan fingerprint density at radius 1 is 0.821 bits per heavy atom. The molecule has 39 heavy (non-hydrogen) atoms. The first kappa shape index (κ1) is 29.2. The average Bonchev–Trinajstić information content (AvgIpc) is 3.62. The van der Waals surface area contributed by atoms with Crippen molar-refractivity contribution in [1.29, 1.82) is 0 Å². The van der Waals surface area contributed by atoms with Gasteiger partial charge in [-0.1, -0.05) is 12.1 Å². The van der Waals surface area contributed by atoms with Gasteiger partial charge in [0.05, 0.1) is 18.7 Å². The number of carbonyl (C=O) groups excluding carboxylic acids is 3. The zero-order valence-corrected chi connectivity index (χ0v) is 21.6. The number of hydrogen-bond donors (Lipinski definition) is 9. The van der Waals surface area contributed by atoms with E-state index in [-0.39, 0.29) is 30.8 Å². The molecule has 3 aromatic rings. The number of aromatic amines is 2. The molecule has 0 saturated carbocycles. The van der Waals surface area contributed by atoms with Gasteiger partial charge in [-0.15, -0.1) is 0 Å². The monoisotopic (exact) mass is 558 g/mol. The molecule has 0 radical (unpaired) electrons. The molecule has 2 aromatic heterocycles. The molecule has 4 unspecified atom stereocenters. The highest BCUT2D eigenvalue weighted by Gasteiger charge is 2.31. The van der Waals surface area contributed by atoms with Gasteiger partial charge in [0.2, 0.25) is 17.7 Å². The maximum atomic E-state index is 13.3. The molecule has 3 rings (SSSR count). The summed E-state index contributed by atoms with van der Waals surface area (Å²) in [7, 11) is 0. The summed E-state index contributed by atoms with van der Waals surface area (Å²) in [6.45, 7) is 0. The molecule has 3 amide bonds. The van der Waals surface area contributed by atoms with Gasteiger partial charge < -0.3 is 41.9 Å². The Morgan fingerprint density at radius 2 is 1.31 bits per heavy atom. The fourth-order valence-electron chi connectivity index (χ4n) is 3.63. The summed E-state index contributed by atoms with van der Waals surface area (Å²) in [4.78, 5) is 64.5. The number of nitrogens with zero attached hydrogens (tertiary/aromatic N) is 2. The molecular formula is C24H30N8O6S. The minimum Gasteiger partial charge on any atom is -0.508 e. The molecule has 0 saturated heterocycles. The van der Waals surface area contributed by atoms with Gasteiger partial charge in [0.1, 0.15) is 23.9 Å². The molecule has 1 aromatic carbocycles. The van der Waals surface area contributed by atoms with Crippen LogP contribution >= 0.6 is 12.6 Å². The lowest BCUT2D eigenvalue weighted by Gasteiger charge is -2.25. The molecule has 0 aliphatic carbocycles. The Kier molecular flexibility index (Phi) is 10.5. The van der Waals surface area contributed by atoms with Crippen molar-refractivity contribution >= 4 is 36.3 Å². The van der Waals surface area contributed by atoms with Crippen LogP contribution in [-0.2, 0) is 38.4 Å². The van der Waals surface area contributed by atoms with Crippen molar-refractivity contribution in [2.75, 3.05) is 5.75 Å². The van der Waals surface area contributed by atoms with Crippen LogP contribution in [0.5, 0.6) is 5.75 Å². The third-order valence-electron chi connectivity index (χ3n) is 5.75. The predicted molar refractivity (Wildman–Crippen MR) is 142 cm³/mol. The number of carboxylic acid groups (broad SMARTS) is 1. The molecule has 2 heterocycles. The molecule has 15 heteroatoms. The normalized spacial score (nSPS) is 14.0. The average molecular weight is 559 g/mol. The molecule has 4 atom stereocenters. The first-order valence-corrected chi connectivity index (χ1v) is 12.5. The number of aromatic nitrogens is 4.